The van der Waals surface area contributed by atoms with Gasteiger partial charge in [-0.1, -0.05) is 36.5 Å². The lowest BCUT2D eigenvalue weighted by atomic mass is 10.1. The Hall–Kier alpha value is -2.75. The molecule has 0 radical (unpaired) electrons. The highest BCUT2D eigenvalue weighted by atomic mass is 16.5. The topological polar surface area (TPSA) is 44.8 Å². The second kappa shape index (κ2) is 10.1. The molecule has 1 aromatic rings. The lowest BCUT2D eigenvalue weighted by Crippen LogP contribution is -1.95. The average Bonchev–Trinajstić information content (AvgIpc) is 2.61. The Balaban J connectivity index is 2.95. The van der Waals surface area contributed by atoms with E-state index in [2.05, 4.69) is 0 Å². The normalized spacial score (nSPS) is 12.3. The van der Waals surface area contributed by atoms with Crippen molar-refractivity contribution in [3.63, 3.8) is 0 Å². The van der Waals surface area contributed by atoms with Crippen molar-refractivity contribution in [3.05, 3.63) is 59.7 Å². The molecule has 0 unspecified atom stereocenters. The molecule has 0 aliphatic heterocycles. The monoisotopic (exact) mass is 328 g/mol. The van der Waals surface area contributed by atoms with Crippen LogP contribution in [0.5, 0.6) is 17.2 Å². The van der Waals surface area contributed by atoms with Crippen molar-refractivity contribution in [2.45, 2.75) is 13.8 Å². The van der Waals surface area contributed by atoms with Gasteiger partial charge in [-0.05, 0) is 37.6 Å². The molecule has 4 heteroatoms. The fourth-order valence-electron chi connectivity index (χ4n) is 2.10. The summed E-state index contributed by atoms with van der Waals surface area (Å²) in [5.74, 6) is 1.68. The molecule has 4 nitrogen and oxygen atoms in total. The van der Waals surface area contributed by atoms with Gasteiger partial charge < -0.3 is 14.2 Å². The molecular weight excluding hydrogens is 304 g/mol. The highest BCUT2D eigenvalue weighted by Gasteiger charge is 2.11. The summed E-state index contributed by atoms with van der Waals surface area (Å²) in [6.45, 7) is 3.72. The maximum Gasteiger partial charge on any atom is 0.203 e. The molecule has 0 saturated heterocycles. The minimum Gasteiger partial charge on any atom is -0.493 e. The number of hydrogen-bond acceptors (Lipinski definition) is 4. The summed E-state index contributed by atoms with van der Waals surface area (Å²) in [7, 11) is 4.71. The smallest absolute Gasteiger partial charge is 0.203 e. The van der Waals surface area contributed by atoms with E-state index < -0.39 is 0 Å². The van der Waals surface area contributed by atoms with E-state index in [4.69, 9.17) is 14.2 Å². The van der Waals surface area contributed by atoms with Crippen molar-refractivity contribution < 1.29 is 19.0 Å². The summed E-state index contributed by atoms with van der Waals surface area (Å²) in [5.41, 5.74) is 1.54. The van der Waals surface area contributed by atoms with Crippen LogP contribution in [0.4, 0.5) is 0 Å². The van der Waals surface area contributed by atoms with Crippen molar-refractivity contribution >= 4 is 11.9 Å². The summed E-state index contributed by atoms with van der Waals surface area (Å²) in [6, 6.07) is 3.68. The summed E-state index contributed by atoms with van der Waals surface area (Å²) >= 11 is 0. The van der Waals surface area contributed by atoms with Crippen molar-refractivity contribution in [1.82, 2.24) is 0 Å². The van der Waals surface area contributed by atoms with Gasteiger partial charge in [-0.15, -0.1) is 0 Å². The molecule has 1 aromatic carbocycles. The van der Waals surface area contributed by atoms with Crippen LogP contribution in [0.1, 0.15) is 19.4 Å². The predicted octanol–water partition coefficient (Wildman–Crippen LogP) is 4.37. The van der Waals surface area contributed by atoms with Crippen LogP contribution in [0.3, 0.4) is 0 Å². The molecule has 0 spiro atoms. The summed E-state index contributed by atoms with van der Waals surface area (Å²) in [6.07, 6.45) is 12.3. The number of allylic oxidation sites excluding steroid dienone is 7. The van der Waals surface area contributed by atoms with Gasteiger partial charge in [0.05, 0.1) is 21.3 Å². The Bertz CT molecular complexity index is 654. The molecule has 1 rings (SSSR count). The lowest BCUT2D eigenvalue weighted by molar-refractivity contribution is -0.111. The quantitative estimate of drug-likeness (QED) is 0.525. The van der Waals surface area contributed by atoms with Gasteiger partial charge in [0.2, 0.25) is 5.75 Å². The zero-order valence-electron chi connectivity index (χ0n) is 14.8. The van der Waals surface area contributed by atoms with Gasteiger partial charge in [-0.25, -0.2) is 0 Å². The van der Waals surface area contributed by atoms with E-state index in [0.717, 1.165) is 5.56 Å². The average molecular weight is 328 g/mol. The van der Waals surface area contributed by atoms with Gasteiger partial charge in [0, 0.05) is 5.57 Å². The van der Waals surface area contributed by atoms with Gasteiger partial charge in [0.25, 0.3) is 0 Å². The fraction of sp³-hybridized carbons (Fsp3) is 0.250. The Kier molecular flexibility index (Phi) is 8.13. The largest absolute Gasteiger partial charge is 0.493 e. The van der Waals surface area contributed by atoms with Crippen molar-refractivity contribution in [2.24, 2.45) is 0 Å². The lowest BCUT2D eigenvalue weighted by Gasteiger charge is -2.12. The third-order valence-corrected chi connectivity index (χ3v) is 3.28. The van der Waals surface area contributed by atoms with Gasteiger partial charge in [0.1, 0.15) is 0 Å². The van der Waals surface area contributed by atoms with Crippen molar-refractivity contribution in [1.29, 1.82) is 0 Å². The first-order valence-electron chi connectivity index (χ1n) is 7.59. The van der Waals surface area contributed by atoms with Gasteiger partial charge in [-0.3, -0.25) is 4.79 Å². The zero-order chi connectivity index (χ0) is 17.9. The van der Waals surface area contributed by atoms with E-state index in [9.17, 15) is 4.79 Å². The minimum absolute atomic E-state index is 0.0369. The molecule has 0 N–H and O–H groups in total. The molecule has 0 bridgehead atoms. The molecule has 0 aromatic heterocycles. The molecule has 128 valence electrons. The minimum atomic E-state index is -0.0369. The van der Waals surface area contributed by atoms with Crippen LogP contribution in [-0.4, -0.2) is 27.1 Å². The number of rotatable bonds is 8. The third kappa shape index (κ3) is 5.16. The van der Waals surface area contributed by atoms with E-state index >= 15 is 0 Å². The molecule has 0 atom stereocenters. The Labute approximate surface area is 143 Å². The highest BCUT2D eigenvalue weighted by molar-refractivity contribution is 6.06. The molecule has 0 heterocycles. The van der Waals surface area contributed by atoms with Crippen molar-refractivity contribution in [2.75, 3.05) is 21.3 Å². The molecule has 0 fully saturated rings. The van der Waals surface area contributed by atoms with Crippen LogP contribution in [0.25, 0.3) is 6.08 Å². The van der Waals surface area contributed by atoms with Crippen LogP contribution in [0, 0.1) is 0 Å². The van der Waals surface area contributed by atoms with Gasteiger partial charge in [-0.2, -0.15) is 0 Å². The van der Waals surface area contributed by atoms with Crippen molar-refractivity contribution in [3.8, 4) is 17.2 Å². The second-order valence-corrected chi connectivity index (χ2v) is 4.79. The standard InChI is InChI=1S/C20H24O4/c1-6-10-16(7-2)17(21)12-9-8-11-15-13-18(22-3)20(24-5)19(14-15)23-4/h6-14H,1-5H3/b10-6-,11-8+,12-9+,16-7+. The highest BCUT2D eigenvalue weighted by Crippen LogP contribution is 2.38. The molecule has 0 aliphatic carbocycles. The number of ketones is 1. The Morgan fingerprint density at radius 3 is 2.00 bits per heavy atom. The maximum absolute atomic E-state index is 12.0. The Morgan fingerprint density at radius 1 is 0.917 bits per heavy atom. The zero-order valence-corrected chi connectivity index (χ0v) is 14.8. The first-order chi connectivity index (χ1) is 11.6. The van der Waals surface area contributed by atoms with E-state index in [1.165, 1.54) is 6.08 Å². The second-order valence-electron chi connectivity index (χ2n) is 4.79. The van der Waals surface area contributed by atoms with Crippen LogP contribution in [0.2, 0.25) is 0 Å². The van der Waals surface area contributed by atoms with E-state index in [1.807, 2.05) is 38.1 Å². The molecule has 0 aliphatic rings. The number of hydrogen-bond donors (Lipinski definition) is 0. The molecule has 24 heavy (non-hydrogen) atoms. The van der Waals surface area contributed by atoms with E-state index in [-0.39, 0.29) is 5.78 Å². The molecular formula is C20H24O4. The van der Waals surface area contributed by atoms with E-state index in [1.54, 1.807) is 45.6 Å². The predicted molar refractivity (Wildman–Crippen MR) is 97.9 cm³/mol. The maximum atomic E-state index is 12.0. The van der Waals surface area contributed by atoms with Gasteiger partial charge >= 0.3 is 0 Å². The fourth-order valence-corrected chi connectivity index (χ4v) is 2.10. The summed E-state index contributed by atoms with van der Waals surface area (Å²) in [4.78, 5) is 12.0. The summed E-state index contributed by atoms with van der Waals surface area (Å²) < 4.78 is 15.9. The van der Waals surface area contributed by atoms with Crippen LogP contribution in [0.15, 0.2) is 54.2 Å². The van der Waals surface area contributed by atoms with Gasteiger partial charge in [0.15, 0.2) is 17.3 Å². The molecule has 0 saturated carbocycles. The number of methoxy groups -OCH3 is 3. The van der Waals surface area contributed by atoms with Crippen LogP contribution >= 0.6 is 0 Å². The number of ether oxygens (including phenoxy) is 3. The number of benzene rings is 1. The van der Waals surface area contributed by atoms with Crippen LogP contribution in [-0.2, 0) is 4.79 Å². The summed E-state index contributed by atoms with van der Waals surface area (Å²) in [5, 5.41) is 0. The van der Waals surface area contributed by atoms with E-state index in [0.29, 0.717) is 22.8 Å². The third-order valence-electron chi connectivity index (χ3n) is 3.28. The Morgan fingerprint density at radius 2 is 1.54 bits per heavy atom. The number of carbonyl (C=O) groups is 1. The SMILES string of the molecule is C/C=C\C(=C/C)C(=O)/C=C/C=C/c1cc(OC)c(OC)c(OC)c1. The first kappa shape index (κ1) is 19.3. The number of carbonyl (C=O) groups excluding carboxylic acids is 1. The van der Waals surface area contributed by atoms with Crippen LogP contribution < -0.4 is 14.2 Å². The molecule has 0 amide bonds. The first-order valence-corrected chi connectivity index (χ1v) is 7.59.